The molecule has 0 aromatic rings. The van der Waals surface area contributed by atoms with E-state index in [-0.39, 0.29) is 12.8 Å². The van der Waals surface area contributed by atoms with Gasteiger partial charge in [0.25, 0.3) is 0 Å². The molecule has 0 heterocycles. The van der Waals surface area contributed by atoms with Crippen molar-refractivity contribution in [1.82, 2.24) is 0 Å². The van der Waals surface area contributed by atoms with Gasteiger partial charge in [-0.05, 0) is 18.8 Å². The van der Waals surface area contributed by atoms with Crippen LogP contribution in [0.15, 0.2) is 0 Å². The molecule has 21 heavy (non-hydrogen) atoms. The average Bonchev–Trinajstić information content (AvgIpc) is 2.78. The molecule has 0 saturated heterocycles. The highest BCUT2D eigenvalue weighted by molar-refractivity contribution is 7.86. The highest BCUT2D eigenvalue weighted by Gasteiger charge is 2.52. The van der Waals surface area contributed by atoms with E-state index in [9.17, 15) is 26.8 Å². The van der Waals surface area contributed by atoms with Crippen molar-refractivity contribution in [2.75, 3.05) is 14.2 Å². The monoisotopic (exact) mass is 330 g/mol. The van der Waals surface area contributed by atoms with Gasteiger partial charge >= 0.3 is 27.3 Å². The van der Waals surface area contributed by atoms with Crippen molar-refractivity contribution < 1.29 is 40.8 Å². The van der Waals surface area contributed by atoms with E-state index in [1.807, 2.05) is 0 Å². The lowest BCUT2D eigenvalue weighted by Gasteiger charge is -2.21. The Hall–Kier alpha value is -1.29. The Morgan fingerprint density at radius 3 is 2.14 bits per heavy atom. The standard InChI is InChI=1S/C11H16F2O7S/c1-19-9(14)6-3-7(8(4-6)10(15)20-2)5-11(12,13)21(16,17)18/h6-8H,3-5H2,1-2H3,(H,16,17,18). The molecule has 1 aliphatic carbocycles. The Balaban J connectivity index is 2.96. The van der Waals surface area contributed by atoms with Crippen LogP contribution in [0, 0.1) is 17.8 Å². The fraction of sp³-hybridized carbons (Fsp3) is 0.818. The third-order valence-electron chi connectivity index (χ3n) is 3.61. The third-order valence-corrected chi connectivity index (χ3v) is 4.53. The number of rotatable bonds is 5. The van der Waals surface area contributed by atoms with Crippen LogP contribution < -0.4 is 0 Å². The molecular formula is C11H16F2O7S. The fourth-order valence-electron chi connectivity index (χ4n) is 2.56. The van der Waals surface area contributed by atoms with E-state index in [4.69, 9.17) is 4.55 Å². The zero-order chi connectivity index (χ0) is 16.4. The predicted molar refractivity (Wildman–Crippen MR) is 64.8 cm³/mol. The smallest absolute Gasteiger partial charge is 0.370 e. The van der Waals surface area contributed by atoms with Gasteiger partial charge in [0.05, 0.1) is 26.1 Å². The summed E-state index contributed by atoms with van der Waals surface area (Å²) in [4.78, 5) is 23.0. The molecule has 0 spiro atoms. The van der Waals surface area contributed by atoms with Crippen LogP contribution >= 0.6 is 0 Å². The fourth-order valence-corrected chi connectivity index (χ4v) is 2.98. The van der Waals surface area contributed by atoms with Crippen molar-refractivity contribution in [3.05, 3.63) is 0 Å². The number of carbonyl (C=O) groups is 2. The zero-order valence-corrected chi connectivity index (χ0v) is 12.2. The zero-order valence-electron chi connectivity index (χ0n) is 11.4. The van der Waals surface area contributed by atoms with E-state index < -0.39 is 51.5 Å². The predicted octanol–water partition coefficient (Wildman–Crippen LogP) is 0.845. The van der Waals surface area contributed by atoms with Gasteiger partial charge in [0.15, 0.2) is 0 Å². The molecule has 1 aliphatic rings. The molecule has 3 atom stereocenters. The maximum Gasteiger partial charge on any atom is 0.370 e. The Morgan fingerprint density at radius 1 is 1.19 bits per heavy atom. The topological polar surface area (TPSA) is 107 Å². The minimum atomic E-state index is -5.59. The summed E-state index contributed by atoms with van der Waals surface area (Å²) < 4.78 is 65.7. The number of hydrogen-bond donors (Lipinski definition) is 1. The van der Waals surface area contributed by atoms with E-state index in [1.165, 1.54) is 0 Å². The maximum absolute atomic E-state index is 13.4. The summed E-state index contributed by atoms with van der Waals surface area (Å²) in [5.41, 5.74) is 0. The molecule has 0 aromatic heterocycles. The Bertz CT molecular complexity index is 517. The minimum absolute atomic E-state index is 0.0639. The minimum Gasteiger partial charge on any atom is -0.469 e. The first-order valence-corrected chi connectivity index (χ1v) is 7.48. The molecule has 0 radical (unpaired) electrons. The number of alkyl halides is 2. The average molecular weight is 330 g/mol. The lowest BCUT2D eigenvalue weighted by Crippen LogP contribution is -2.33. The van der Waals surface area contributed by atoms with Gasteiger partial charge in [-0.1, -0.05) is 0 Å². The van der Waals surface area contributed by atoms with Gasteiger partial charge in [-0.2, -0.15) is 17.2 Å². The third kappa shape index (κ3) is 3.88. The van der Waals surface area contributed by atoms with Gasteiger partial charge in [0.2, 0.25) is 0 Å². The number of halogens is 2. The molecule has 1 N–H and O–H groups in total. The number of hydrogen-bond acceptors (Lipinski definition) is 6. The van der Waals surface area contributed by atoms with E-state index in [2.05, 4.69) is 9.47 Å². The summed E-state index contributed by atoms with van der Waals surface area (Å²) in [6, 6.07) is 0. The van der Waals surface area contributed by atoms with Crippen molar-refractivity contribution in [3.8, 4) is 0 Å². The van der Waals surface area contributed by atoms with E-state index >= 15 is 0 Å². The molecular weight excluding hydrogens is 314 g/mol. The molecule has 0 amide bonds. The van der Waals surface area contributed by atoms with Gasteiger partial charge in [-0.3, -0.25) is 14.1 Å². The molecule has 1 fully saturated rings. The number of carbonyl (C=O) groups excluding carboxylic acids is 2. The first-order chi connectivity index (χ1) is 9.53. The van der Waals surface area contributed by atoms with Crippen LogP contribution in [0.2, 0.25) is 0 Å². The van der Waals surface area contributed by atoms with Crippen molar-refractivity contribution >= 4 is 22.1 Å². The molecule has 0 bridgehead atoms. The molecule has 7 nitrogen and oxygen atoms in total. The lowest BCUT2D eigenvalue weighted by atomic mass is 9.93. The van der Waals surface area contributed by atoms with Gasteiger partial charge in [-0.25, -0.2) is 0 Å². The van der Waals surface area contributed by atoms with Crippen molar-refractivity contribution in [3.63, 3.8) is 0 Å². The molecule has 0 aromatic carbocycles. The summed E-state index contributed by atoms with van der Waals surface area (Å²) >= 11 is 0. The second kappa shape index (κ2) is 6.22. The lowest BCUT2D eigenvalue weighted by molar-refractivity contribution is -0.147. The quantitative estimate of drug-likeness (QED) is 0.588. The second-order valence-electron chi connectivity index (χ2n) is 4.90. The van der Waals surface area contributed by atoms with Gasteiger partial charge in [-0.15, -0.1) is 0 Å². The van der Waals surface area contributed by atoms with Crippen molar-refractivity contribution in [2.24, 2.45) is 17.8 Å². The van der Waals surface area contributed by atoms with E-state index in [0.717, 1.165) is 14.2 Å². The van der Waals surface area contributed by atoms with Gasteiger partial charge in [0.1, 0.15) is 0 Å². The van der Waals surface area contributed by atoms with Gasteiger partial charge in [0, 0.05) is 6.42 Å². The summed E-state index contributed by atoms with van der Waals surface area (Å²) in [6.07, 6.45) is -1.47. The number of esters is 2. The first-order valence-electron chi connectivity index (χ1n) is 6.04. The Morgan fingerprint density at radius 2 is 1.71 bits per heavy atom. The second-order valence-corrected chi connectivity index (χ2v) is 6.45. The number of methoxy groups -OCH3 is 2. The molecule has 3 unspecified atom stereocenters. The van der Waals surface area contributed by atoms with E-state index in [0.29, 0.717) is 0 Å². The Labute approximate surface area is 120 Å². The highest BCUT2D eigenvalue weighted by atomic mass is 32.2. The van der Waals surface area contributed by atoms with Crippen LogP contribution in [0.5, 0.6) is 0 Å². The van der Waals surface area contributed by atoms with Crippen molar-refractivity contribution in [1.29, 1.82) is 0 Å². The molecule has 10 heteroatoms. The molecule has 0 aliphatic heterocycles. The van der Waals surface area contributed by atoms with Crippen molar-refractivity contribution in [2.45, 2.75) is 24.5 Å². The highest BCUT2D eigenvalue weighted by Crippen LogP contribution is 2.44. The normalized spacial score (nSPS) is 26.4. The Kier molecular flexibility index (Phi) is 5.26. The maximum atomic E-state index is 13.4. The van der Waals surface area contributed by atoms with Crippen LogP contribution in [-0.4, -0.2) is 44.4 Å². The summed E-state index contributed by atoms with van der Waals surface area (Å²) in [7, 11) is -3.41. The summed E-state index contributed by atoms with van der Waals surface area (Å²) in [6.45, 7) is 0. The van der Waals surface area contributed by atoms with Gasteiger partial charge < -0.3 is 9.47 Å². The molecule has 1 rings (SSSR count). The van der Waals surface area contributed by atoms with Crippen LogP contribution in [0.3, 0.4) is 0 Å². The number of ether oxygens (including phenoxy) is 2. The summed E-state index contributed by atoms with van der Waals surface area (Å²) in [5, 5.41) is -4.39. The molecule has 1 saturated carbocycles. The largest absolute Gasteiger partial charge is 0.469 e. The summed E-state index contributed by atoms with van der Waals surface area (Å²) in [5.74, 6) is -4.43. The first kappa shape index (κ1) is 17.8. The van der Waals surface area contributed by atoms with Crippen LogP contribution in [-0.2, 0) is 29.2 Å². The van der Waals surface area contributed by atoms with Crippen LogP contribution in [0.25, 0.3) is 0 Å². The van der Waals surface area contributed by atoms with Crippen LogP contribution in [0.1, 0.15) is 19.3 Å². The molecule has 122 valence electrons. The van der Waals surface area contributed by atoms with E-state index in [1.54, 1.807) is 0 Å². The SMILES string of the molecule is COC(=O)C1CC(CC(F)(F)S(=O)(=O)O)C(C(=O)OC)C1. The van der Waals surface area contributed by atoms with Crippen LogP contribution in [0.4, 0.5) is 8.78 Å².